The van der Waals surface area contributed by atoms with Crippen LogP contribution in [-0.2, 0) is 16.9 Å². The van der Waals surface area contributed by atoms with Crippen molar-refractivity contribution in [3.05, 3.63) is 17.3 Å². The van der Waals surface area contributed by atoms with Crippen molar-refractivity contribution in [2.45, 2.75) is 4.90 Å². The molecule has 0 spiro atoms. The third-order valence-corrected chi connectivity index (χ3v) is 3.96. The first kappa shape index (κ1) is 15.2. The summed E-state index contributed by atoms with van der Waals surface area (Å²) in [6, 6.07) is 2.66. The maximum atomic E-state index is 11.5. The highest BCUT2D eigenvalue weighted by Gasteiger charge is 2.20. The average molecular weight is 332 g/mol. The van der Waals surface area contributed by atoms with Gasteiger partial charge in [-0.05, 0) is 12.1 Å². The van der Waals surface area contributed by atoms with E-state index in [0.29, 0.717) is 0 Å². The molecule has 2 aromatic rings. The molecule has 0 atom stereocenters. The minimum Gasteiger partial charge on any atom is -0.389 e. The Kier molecular flexibility index (Phi) is 3.83. The van der Waals surface area contributed by atoms with Crippen LogP contribution in [0.2, 0.25) is 5.15 Å². The van der Waals surface area contributed by atoms with E-state index in [1.807, 2.05) is 0 Å². The molecule has 2 rings (SSSR count). The van der Waals surface area contributed by atoms with Gasteiger partial charge in [-0.3, -0.25) is 0 Å². The quantitative estimate of drug-likeness (QED) is 0.805. The Morgan fingerprint density at radius 2 is 2.10 bits per heavy atom. The molecule has 2 N–H and O–H groups in total. The highest BCUT2D eigenvalue weighted by atomic mass is 35.5. The number of carbonyl (C=O) groups is 1. The molecular formula is C10H10ClN5O4S. The topological polar surface area (TPSA) is 130 Å². The average Bonchev–Trinajstić information content (AvgIpc) is 2.68. The Labute approximate surface area is 124 Å². The Morgan fingerprint density at radius 3 is 2.62 bits per heavy atom. The normalized spacial score (nSPS) is 11.4. The first-order valence-corrected chi connectivity index (χ1v) is 7.71. The van der Waals surface area contributed by atoms with Gasteiger partial charge in [0.1, 0.15) is 10.0 Å². The summed E-state index contributed by atoms with van der Waals surface area (Å²) in [5.74, 6) is -0.0295. The Bertz CT molecular complexity index is 817. The molecule has 0 aliphatic rings. The van der Waals surface area contributed by atoms with Crippen molar-refractivity contribution in [2.24, 2.45) is 12.8 Å². The molecule has 1 amide bonds. The maximum Gasteiger partial charge on any atom is 0.411 e. The Morgan fingerprint density at radius 1 is 1.43 bits per heavy atom. The van der Waals surface area contributed by atoms with E-state index < -0.39 is 15.9 Å². The second-order valence-electron chi connectivity index (χ2n) is 4.05. The lowest BCUT2D eigenvalue weighted by molar-refractivity contribution is 0.207. The molecule has 0 bridgehead atoms. The Balaban J connectivity index is 2.54. The fourth-order valence-electron chi connectivity index (χ4n) is 1.55. The zero-order valence-electron chi connectivity index (χ0n) is 10.9. The number of hydrogen-bond donors (Lipinski definition) is 1. The SMILES string of the molecule is Cn1nnc(-c2ccc(S(C)(=O)=O)c(Cl)n2)c1OC(N)=O. The smallest absolute Gasteiger partial charge is 0.389 e. The number of primary amides is 1. The number of carbonyl (C=O) groups excluding carboxylic acids is 1. The largest absolute Gasteiger partial charge is 0.411 e. The molecule has 0 saturated heterocycles. The highest BCUT2D eigenvalue weighted by molar-refractivity contribution is 7.90. The number of rotatable bonds is 3. The van der Waals surface area contributed by atoms with E-state index >= 15 is 0 Å². The lowest BCUT2D eigenvalue weighted by Crippen LogP contribution is -2.18. The van der Waals surface area contributed by atoms with Crippen molar-refractivity contribution in [3.63, 3.8) is 0 Å². The molecule has 0 radical (unpaired) electrons. The maximum absolute atomic E-state index is 11.5. The van der Waals surface area contributed by atoms with Gasteiger partial charge in [0, 0.05) is 13.3 Å². The number of nitrogens with two attached hydrogens (primary N) is 1. The predicted molar refractivity (Wildman–Crippen MR) is 72.6 cm³/mol. The van der Waals surface area contributed by atoms with Crippen molar-refractivity contribution >= 4 is 27.5 Å². The minimum absolute atomic E-state index is 0.0295. The summed E-state index contributed by atoms with van der Waals surface area (Å²) in [7, 11) is -2.01. The van der Waals surface area contributed by atoms with Crippen LogP contribution in [0.1, 0.15) is 0 Å². The number of nitrogens with zero attached hydrogens (tertiary/aromatic N) is 4. The molecule has 0 aliphatic carbocycles. The summed E-state index contributed by atoms with van der Waals surface area (Å²) in [6.45, 7) is 0. The van der Waals surface area contributed by atoms with Crippen LogP contribution in [0.25, 0.3) is 11.4 Å². The highest BCUT2D eigenvalue weighted by Crippen LogP contribution is 2.29. The van der Waals surface area contributed by atoms with Gasteiger partial charge in [-0.25, -0.2) is 22.9 Å². The van der Waals surface area contributed by atoms with Gasteiger partial charge in [0.2, 0.25) is 0 Å². The summed E-state index contributed by atoms with van der Waals surface area (Å²) in [5, 5.41) is 7.24. The lowest BCUT2D eigenvalue weighted by Gasteiger charge is -2.05. The van der Waals surface area contributed by atoms with Crippen molar-refractivity contribution < 1.29 is 17.9 Å². The van der Waals surface area contributed by atoms with Gasteiger partial charge in [0.25, 0.3) is 5.88 Å². The number of amides is 1. The number of sulfone groups is 1. The van der Waals surface area contributed by atoms with Crippen LogP contribution in [0.5, 0.6) is 5.88 Å². The fourth-order valence-corrected chi connectivity index (χ4v) is 2.79. The third-order valence-electron chi connectivity index (χ3n) is 2.43. The van der Waals surface area contributed by atoms with E-state index in [-0.39, 0.29) is 27.3 Å². The number of halogens is 1. The van der Waals surface area contributed by atoms with Crippen molar-refractivity contribution in [1.82, 2.24) is 20.0 Å². The summed E-state index contributed by atoms with van der Waals surface area (Å²) in [5.41, 5.74) is 5.26. The van der Waals surface area contributed by atoms with Gasteiger partial charge in [-0.2, -0.15) is 0 Å². The van der Waals surface area contributed by atoms with Crippen molar-refractivity contribution in [2.75, 3.05) is 6.26 Å². The van der Waals surface area contributed by atoms with Gasteiger partial charge in [-0.1, -0.05) is 16.8 Å². The second-order valence-corrected chi connectivity index (χ2v) is 6.39. The summed E-state index contributed by atoms with van der Waals surface area (Å²) in [6.07, 6.45) is -0.0278. The van der Waals surface area contributed by atoms with Gasteiger partial charge >= 0.3 is 6.09 Å². The van der Waals surface area contributed by atoms with Crippen LogP contribution < -0.4 is 10.5 Å². The molecule has 0 aliphatic heterocycles. The minimum atomic E-state index is -3.50. The van der Waals surface area contributed by atoms with E-state index in [1.54, 1.807) is 0 Å². The molecule has 2 heterocycles. The van der Waals surface area contributed by atoms with Crippen LogP contribution >= 0.6 is 11.6 Å². The summed E-state index contributed by atoms with van der Waals surface area (Å²) >= 11 is 5.85. The zero-order chi connectivity index (χ0) is 15.8. The van der Waals surface area contributed by atoms with Crippen LogP contribution in [0.3, 0.4) is 0 Å². The van der Waals surface area contributed by atoms with E-state index in [9.17, 15) is 13.2 Å². The number of aryl methyl sites for hydroxylation is 1. The molecule has 0 saturated carbocycles. The molecule has 0 aromatic carbocycles. The van der Waals surface area contributed by atoms with Crippen LogP contribution in [0, 0.1) is 0 Å². The fraction of sp³-hybridized carbons (Fsp3) is 0.200. The van der Waals surface area contributed by atoms with Gasteiger partial charge < -0.3 is 10.5 Å². The molecular weight excluding hydrogens is 322 g/mol. The summed E-state index contributed by atoms with van der Waals surface area (Å²) < 4.78 is 28.9. The number of pyridine rings is 1. The van der Waals surface area contributed by atoms with E-state index in [1.165, 1.54) is 23.9 Å². The monoisotopic (exact) mass is 331 g/mol. The third kappa shape index (κ3) is 3.11. The predicted octanol–water partition coefficient (Wildman–Crippen LogP) is 0.392. The number of ether oxygens (including phenoxy) is 1. The van der Waals surface area contributed by atoms with Crippen molar-refractivity contribution in [1.29, 1.82) is 0 Å². The zero-order valence-corrected chi connectivity index (χ0v) is 12.5. The van der Waals surface area contributed by atoms with E-state index in [2.05, 4.69) is 15.3 Å². The standard InChI is InChI=1S/C10H10ClN5O4S/c1-16-9(20-10(12)17)7(14-15-16)5-3-4-6(8(11)13-5)21(2,18)19/h3-4H,1-2H3,(H2,12,17). The molecule has 0 unspecified atom stereocenters. The van der Waals surface area contributed by atoms with Crippen molar-refractivity contribution in [3.8, 4) is 17.3 Å². The van der Waals surface area contributed by atoms with Gasteiger partial charge in [0.15, 0.2) is 15.5 Å². The first-order chi connectivity index (χ1) is 9.70. The molecule has 2 aromatic heterocycles. The van der Waals surface area contributed by atoms with E-state index in [4.69, 9.17) is 22.1 Å². The summed E-state index contributed by atoms with van der Waals surface area (Å²) in [4.78, 5) is 14.7. The van der Waals surface area contributed by atoms with Crippen LogP contribution in [0.15, 0.2) is 17.0 Å². The molecule has 112 valence electrons. The van der Waals surface area contributed by atoms with Crippen LogP contribution in [0.4, 0.5) is 4.79 Å². The molecule has 0 fully saturated rings. The lowest BCUT2D eigenvalue weighted by atomic mass is 10.3. The van der Waals surface area contributed by atoms with Gasteiger partial charge in [-0.15, -0.1) is 5.10 Å². The number of hydrogen-bond acceptors (Lipinski definition) is 7. The molecule has 11 heteroatoms. The van der Waals surface area contributed by atoms with Crippen LogP contribution in [-0.4, -0.2) is 40.7 Å². The first-order valence-electron chi connectivity index (χ1n) is 5.44. The van der Waals surface area contributed by atoms with E-state index in [0.717, 1.165) is 6.26 Å². The Hall–Kier alpha value is -2.20. The molecule has 9 nitrogen and oxygen atoms in total. The van der Waals surface area contributed by atoms with Gasteiger partial charge in [0.05, 0.1) is 5.69 Å². The molecule has 21 heavy (non-hydrogen) atoms. The second kappa shape index (κ2) is 5.30. The number of aromatic nitrogens is 4.